The van der Waals surface area contributed by atoms with Crippen LogP contribution in [0.4, 0.5) is 0 Å². The minimum atomic E-state index is 0.126. The van der Waals surface area contributed by atoms with Crippen LogP contribution in [0.1, 0.15) is 37.9 Å². The molecule has 0 saturated carbocycles. The number of nitrogens with zero attached hydrogens (tertiary/aromatic N) is 3. The predicted octanol–water partition coefficient (Wildman–Crippen LogP) is 1.32. The highest BCUT2D eigenvalue weighted by Gasteiger charge is 2.22. The summed E-state index contributed by atoms with van der Waals surface area (Å²) >= 11 is 0. The Morgan fingerprint density at radius 1 is 1.39 bits per heavy atom. The van der Waals surface area contributed by atoms with Gasteiger partial charge >= 0.3 is 0 Å². The van der Waals surface area contributed by atoms with Crippen LogP contribution in [0.5, 0.6) is 0 Å². The molecule has 1 aliphatic rings. The summed E-state index contributed by atoms with van der Waals surface area (Å²) in [5.74, 6) is 1.70. The summed E-state index contributed by atoms with van der Waals surface area (Å²) in [7, 11) is 0. The second-order valence-corrected chi connectivity index (χ2v) is 4.72. The Balaban J connectivity index is 1.88. The molecule has 2 rings (SSSR count). The fourth-order valence-electron chi connectivity index (χ4n) is 2.23. The summed E-state index contributed by atoms with van der Waals surface area (Å²) < 4.78 is 5.31. The molecule has 0 fully saturated rings. The van der Waals surface area contributed by atoms with Crippen molar-refractivity contribution in [3.63, 3.8) is 0 Å². The molecule has 2 atom stereocenters. The maximum absolute atomic E-state index is 5.82. The van der Waals surface area contributed by atoms with Crippen LogP contribution in [0.25, 0.3) is 0 Å². The normalized spacial score (nSPS) is 23.1. The number of hydrogen-bond acceptors (Lipinski definition) is 5. The molecule has 18 heavy (non-hydrogen) atoms. The van der Waals surface area contributed by atoms with Crippen molar-refractivity contribution in [3.05, 3.63) is 23.9 Å². The average molecular weight is 250 g/mol. The van der Waals surface area contributed by atoms with Crippen LogP contribution in [-0.2, 0) is 6.42 Å². The quantitative estimate of drug-likeness (QED) is 0.771. The van der Waals surface area contributed by atoms with Crippen molar-refractivity contribution in [2.24, 2.45) is 5.73 Å². The fourth-order valence-corrected chi connectivity index (χ4v) is 2.23. The minimum Gasteiger partial charge on any atom is -0.339 e. The lowest BCUT2D eigenvalue weighted by molar-refractivity contribution is 0.302. The molecule has 5 heteroatoms. The molecule has 0 saturated heterocycles. The van der Waals surface area contributed by atoms with Crippen molar-refractivity contribution in [2.75, 3.05) is 19.6 Å². The molecule has 1 aromatic rings. The highest BCUT2D eigenvalue weighted by molar-refractivity contribution is 5.15. The third-order valence-corrected chi connectivity index (χ3v) is 3.46. The lowest BCUT2D eigenvalue weighted by Gasteiger charge is -2.16. The maximum Gasteiger partial charge on any atom is 0.233 e. The molecule has 1 heterocycles. The van der Waals surface area contributed by atoms with Gasteiger partial charge in [-0.2, -0.15) is 4.98 Å². The number of nitrogens with two attached hydrogens (primary N) is 1. The Hall–Kier alpha value is -1.20. The van der Waals surface area contributed by atoms with Crippen LogP contribution in [0.2, 0.25) is 0 Å². The fraction of sp³-hybridized carbons (Fsp3) is 0.692. The van der Waals surface area contributed by atoms with Crippen LogP contribution in [-0.4, -0.2) is 40.7 Å². The average Bonchev–Trinajstić information content (AvgIpc) is 2.99. The van der Waals surface area contributed by atoms with E-state index < -0.39 is 0 Å². The number of hydrogen-bond donors (Lipinski definition) is 1. The summed E-state index contributed by atoms with van der Waals surface area (Å²) in [6.07, 6.45) is 5.78. The van der Waals surface area contributed by atoms with Crippen LogP contribution < -0.4 is 5.73 Å². The zero-order valence-electron chi connectivity index (χ0n) is 11.2. The first-order valence-corrected chi connectivity index (χ1v) is 6.71. The summed E-state index contributed by atoms with van der Waals surface area (Å²) in [4.78, 5) is 6.80. The summed E-state index contributed by atoms with van der Waals surface area (Å²) in [6, 6.07) is 0.126. The number of likely N-dealkylation sites (N-methyl/N-ethyl adjacent to an activating group) is 1. The van der Waals surface area contributed by atoms with Crippen molar-refractivity contribution in [3.8, 4) is 0 Å². The van der Waals surface area contributed by atoms with Gasteiger partial charge in [-0.05, 0) is 19.5 Å². The monoisotopic (exact) mass is 250 g/mol. The van der Waals surface area contributed by atoms with E-state index in [9.17, 15) is 0 Å². The van der Waals surface area contributed by atoms with E-state index in [1.165, 1.54) is 0 Å². The summed E-state index contributed by atoms with van der Waals surface area (Å²) in [6.45, 7) is 7.42. The van der Waals surface area contributed by atoms with E-state index in [1.54, 1.807) is 0 Å². The van der Waals surface area contributed by atoms with Gasteiger partial charge < -0.3 is 15.2 Å². The summed E-state index contributed by atoms with van der Waals surface area (Å²) in [5.41, 5.74) is 5.82. The predicted molar refractivity (Wildman–Crippen MR) is 70.3 cm³/mol. The van der Waals surface area contributed by atoms with Gasteiger partial charge in [0.1, 0.15) is 0 Å². The molecule has 0 spiro atoms. The van der Waals surface area contributed by atoms with Gasteiger partial charge in [0.2, 0.25) is 5.89 Å². The van der Waals surface area contributed by atoms with Crippen molar-refractivity contribution in [1.82, 2.24) is 15.0 Å². The van der Waals surface area contributed by atoms with Crippen molar-refractivity contribution >= 4 is 0 Å². The zero-order chi connectivity index (χ0) is 13.0. The van der Waals surface area contributed by atoms with Crippen LogP contribution in [0.3, 0.4) is 0 Å². The van der Waals surface area contributed by atoms with E-state index in [0.717, 1.165) is 38.3 Å². The highest BCUT2D eigenvalue weighted by Crippen LogP contribution is 2.26. The molecular formula is C13H22N4O. The molecular weight excluding hydrogens is 228 g/mol. The van der Waals surface area contributed by atoms with Gasteiger partial charge in [-0.3, -0.25) is 0 Å². The molecule has 0 amide bonds. The third-order valence-electron chi connectivity index (χ3n) is 3.46. The second kappa shape index (κ2) is 6.11. The molecule has 0 bridgehead atoms. The van der Waals surface area contributed by atoms with Gasteiger partial charge in [-0.1, -0.05) is 31.2 Å². The van der Waals surface area contributed by atoms with Gasteiger partial charge in [-0.25, -0.2) is 0 Å². The molecule has 100 valence electrons. The van der Waals surface area contributed by atoms with Crippen molar-refractivity contribution < 1.29 is 4.52 Å². The maximum atomic E-state index is 5.82. The minimum absolute atomic E-state index is 0.126. The molecule has 1 aliphatic carbocycles. The molecule has 0 aliphatic heterocycles. The van der Waals surface area contributed by atoms with Crippen LogP contribution in [0.15, 0.2) is 16.7 Å². The van der Waals surface area contributed by atoms with E-state index in [4.69, 9.17) is 10.3 Å². The Bertz CT molecular complexity index is 397. The first-order chi connectivity index (χ1) is 8.72. The summed E-state index contributed by atoms with van der Waals surface area (Å²) in [5, 5.41) is 4.04. The smallest absolute Gasteiger partial charge is 0.233 e. The highest BCUT2D eigenvalue weighted by atomic mass is 16.5. The van der Waals surface area contributed by atoms with E-state index in [2.05, 4.69) is 35.0 Å². The Kier molecular flexibility index (Phi) is 4.49. The SMILES string of the molecule is CCN(CC)CCc1noc(C2C=CC(N)C2)n1. The Morgan fingerprint density at radius 2 is 2.17 bits per heavy atom. The van der Waals surface area contributed by atoms with Crippen LogP contribution >= 0.6 is 0 Å². The topological polar surface area (TPSA) is 68.2 Å². The van der Waals surface area contributed by atoms with Gasteiger partial charge in [-0.15, -0.1) is 0 Å². The molecule has 5 nitrogen and oxygen atoms in total. The van der Waals surface area contributed by atoms with Gasteiger partial charge in [0.15, 0.2) is 5.82 Å². The lowest BCUT2D eigenvalue weighted by atomic mass is 10.1. The number of rotatable bonds is 6. The zero-order valence-corrected chi connectivity index (χ0v) is 11.2. The third kappa shape index (κ3) is 3.17. The lowest BCUT2D eigenvalue weighted by Crippen LogP contribution is -2.25. The second-order valence-electron chi connectivity index (χ2n) is 4.72. The van der Waals surface area contributed by atoms with Crippen LogP contribution in [0, 0.1) is 0 Å². The van der Waals surface area contributed by atoms with Gasteiger partial charge in [0.05, 0.1) is 5.92 Å². The van der Waals surface area contributed by atoms with Crippen molar-refractivity contribution in [2.45, 2.75) is 38.6 Å². The van der Waals surface area contributed by atoms with Gasteiger partial charge in [0, 0.05) is 19.0 Å². The van der Waals surface area contributed by atoms with E-state index in [1.807, 2.05) is 6.08 Å². The van der Waals surface area contributed by atoms with Crippen molar-refractivity contribution in [1.29, 1.82) is 0 Å². The molecule has 0 radical (unpaired) electrons. The first-order valence-electron chi connectivity index (χ1n) is 6.71. The Labute approximate surface area is 108 Å². The number of aromatic nitrogens is 2. The molecule has 2 unspecified atom stereocenters. The van der Waals surface area contributed by atoms with E-state index in [-0.39, 0.29) is 12.0 Å². The van der Waals surface area contributed by atoms with Gasteiger partial charge in [0.25, 0.3) is 0 Å². The molecule has 2 N–H and O–H groups in total. The van der Waals surface area contributed by atoms with E-state index >= 15 is 0 Å². The van der Waals surface area contributed by atoms with E-state index in [0.29, 0.717) is 5.89 Å². The Morgan fingerprint density at radius 3 is 2.78 bits per heavy atom. The standard InChI is InChI=1S/C13H22N4O/c1-3-17(4-2)8-7-12-15-13(18-16-12)10-5-6-11(14)9-10/h5-6,10-11H,3-4,7-9,14H2,1-2H3. The largest absolute Gasteiger partial charge is 0.339 e. The number of allylic oxidation sites excluding steroid dienone is 1. The molecule has 0 aromatic carbocycles. The first kappa shape index (κ1) is 13.2. The molecule has 1 aromatic heterocycles.